The van der Waals surface area contributed by atoms with E-state index in [9.17, 15) is 9.59 Å². The standard InChI is InChI=1S/C17H17BrN2O4/c1-23-13-4-2-12(3-5-13)20-10-11(8-16(20)21)9-19-17(22)14-6-7-15(18)24-14/h2-7,11H,8-10H2,1H3,(H,19,22). The minimum atomic E-state index is -0.281. The second-order valence-electron chi connectivity index (χ2n) is 5.59. The lowest BCUT2D eigenvalue weighted by Gasteiger charge is -2.17. The molecule has 1 saturated heterocycles. The second-order valence-corrected chi connectivity index (χ2v) is 6.37. The van der Waals surface area contributed by atoms with Crippen LogP contribution in [0.25, 0.3) is 0 Å². The summed E-state index contributed by atoms with van der Waals surface area (Å²) >= 11 is 3.16. The molecule has 0 aliphatic carbocycles. The monoisotopic (exact) mass is 392 g/mol. The first-order valence-electron chi connectivity index (χ1n) is 7.55. The fourth-order valence-electron chi connectivity index (χ4n) is 2.69. The predicted molar refractivity (Wildman–Crippen MR) is 92.2 cm³/mol. The van der Waals surface area contributed by atoms with Gasteiger partial charge in [-0.05, 0) is 52.3 Å². The first-order valence-corrected chi connectivity index (χ1v) is 8.34. The highest BCUT2D eigenvalue weighted by molar-refractivity contribution is 9.10. The van der Waals surface area contributed by atoms with Gasteiger partial charge in [-0.1, -0.05) is 0 Å². The fraction of sp³-hybridized carbons (Fsp3) is 0.294. The van der Waals surface area contributed by atoms with Gasteiger partial charge in [-0.3, -0.25) is 9.59 Å². The Morgan fingerprint density at radius 2 is 2.08 bits per heavy atom. The average molecular weight is 393 g/mol. The molecular weight excluding hydrogens is 376 g/mol. The van der Waals surface area contributed by atoms with Crippen molar-refractivity contribution in [3.8, 4) is 5.75 Å². The highest BCUT2D eigenvalue weighted by Crippen LogP contribution is 2.26. The van der Waals surface area contributed by atoms with Crippen LogP contribution in [0, 0.1) is 5.92 Å². The van der Waals surface area contributed by atoms with Crippen molar-refractivity contribution in [3.63, 3.8) is 0 Å². The molecular formula is C17H17BrN2O4. The molecule has 0 spiro atoms. The maximum atomic E-state index is 12.2. The number of carbonyl (C=O) groups excluding carboxylic acids is 2. The predicted octanol–water partition coefficient (Wildman–Crippen LogP) is 2.83. The molecule has 1 fully saturated rings. The lowest BCUT2D eigenvalue weighted by atomic mass is 10.1. The van der Waals surface area contributed by atoms with Crippen LogP contribution in [0.1, 0.15) is 17.0 Å². The van der Waals surface area contributed by atoms with E-state index in [1.807, 2.05) is 24.3 Å². The van der Waals surface area contributed by atoms with Crippen molar-refractivity contribution in [2.45, 2.75) is 6.42 Å². The third-order valence-electron chi connectivity index (χ3n) is 3.94. The summed E-state index contributed by atoms with van der Waals surface area (Å²) in [5, 5.41) is 2.81. The fourth-order valence-corrected chi connectivity index (χ4v) is 3.00. The smallest absolute Gasteiger partial charge is 0.287 e. The first kappa shape index (κ1) is 16.6. The molecule has 1 unspecified atom stereocenters. The van der Waals surface area contributed by atoms with Gasteiger partial charge in [0.25, 0.3) is 5.91 Å². The normalized spacial score (nSPS) is 17.2. The van der Waals surface area contributed by atoms with E-state index in [2.05, 4.69) is 21.2 Å². The molecule has 1 aliphatic heterocycles. The van der Waals surface area contributed by atoms with Gasteiger partial charge in [-0.2, -0.15) is 0 Å². The van der Waals surface area contributed by atoms with Crippen LogP contribution in [-0.4, -0.2) is 32.0 Å². The Labute approximate surface area is 147 Å². The largest absolute Gasteiger partial charge is 0.497 e. The van der Waals surface area contributed by atoms with Crippen molar-refractivity contribution >= 4 is 33.4 Å². The number of methoxy groups -OCH3 is 1. The average Bonchev–Trinajstić information content (AvgIpc) is 3.18. The Bertz CT molecular complexity index is 741. The number of nitrogens with one attached hydrogen (secondary N) is 1. The van der Waals surface area contributed by atoms with E-state index < -0.39 is 0 Å². The Hall–Kier alpha value is -2.28. The van der Waals surface area contributed by atoms with Crippen molar-refractivity contribution in [1.82, 2.24) is 5.32 Å². The van der Waals surface area contributed by atoms with Crippen molar-refractivity contribution in [2.75, 3.05) is 25.1 Å². The molecule has 2 amide bonds. The van der Waals surface area contributed by atoms with Crippen molar-refractivity contribution in [1.29, 1.82) is 0 Å². The maximum Gasteiger partial charge on any atom is 0.287 e. The van der Waals surface area contributed by atoms with Gasteiger partial charge in [0.15, 0.2) is 10.4 Å². The molecule has 0 bridgehead atoms. The minimum absolute atomic E-state index is 0.0557. The summed E-state index contributed by atoms with van der Waals surface area (Å²) in [7, 11) is 1.60. The van der Waals surface area contributed by atoms with Crippen molar-refractivity contribution in [3.05, 3.63) is 46.8 Å². The van der Waals surface area contributed by atoms with Crippen LogP contribution in [0.3, 0.4) is 0 Å². The Morgan fingerprint density at radius 1 is 1.33 bits per heavy atom. The Balaban J connectivity index is 1.57. The van der Waals surface area contributed by atoms with Crippen LogP contribution in [-0.2, 0) is 4.79 Å². The number of hydrogen-bond donors (Lipinski definition) is 1. The topological polar surface area (TPSA) is 71.8 Å². The number of anilines is 1. The van der Waals surface area contributed by atoms with Gasteiger partial charge in [-0.15, -0.1) is 0 Å². The van der Waals surface area contributed by atoms with E-state index in [0.29, 0.717) is 24.2 Å². The quantitative estimate of drug-likeness (QED) is 0.848. The summed E-state index contributed by atoms with van der Waals surface area (Å²) < 4.78 is 10.8. The second kappa shape index (κ2) is 7.09. The molecule has 1 aromatic carbocycles. The van der Waals surface area contributed by atoms with Gasteiger partial charge >= 0.3 is 0 Å². The highest BCUT2D eigenvalue weighted by atomic mass is 79.9. The number of rotatable bonds is 5. The van der Waals surface area contributed by atoms with E-state index in [1.165, 1.54) is 0 Å². The molecule has 3 rings (SSSR count). The van der Waals surface area contributed by atoms with Gasteiger partial charge in [-0.25, -0.2) is 0 Å². The number of furan rings is 1. The van der Waals surface area contributed by atoms with Gasteiger partial charge < -0.3 is 19.4 Å². The number of hydrogen-bond acceptors (Lipinski definition) is 4. The molecule has 24 heavy (non-hydrogen) atoms. The molecule has 1 aromatic heterocycles. The van der Waals surface area contributed by atoms with Crippen LogP contribution in [0.4, 0.5) is 5.69 Å². The summed E-state index contributed by atoms with van der Waals surface area (Å²) in [6.45, 7) is 1.00. The number of ether oxygens (including phenoxy) is 1. The van der Waals surface area contributed by atoms with Crippen LogP contribution in [0.5, 0.6) is 5.75 Å². The van der Waals surface area contributed by atoms with E-state index in [1.54, 1.807) is 24.1 Å². The molecule has 0 radical (unpaired) electrons. The van der Waals surface area contributed by atoms with Gasteiger partial charge in [0, 0.05) is 31.1 Å². The van der Waals surface area contributed by atoms with Crippen molar-refractivity contribution in [2.24, 2.45) is 5.92 Å². The maximum absolute atomic E-state index is 12.2. The van der Waals surface area contributed by atoms with Crippen LogP contribution >= 0.6 is 15.9 Å². The summed E-state index contributed by atoms with van der Waals surface area (Å²) in [5.74, 6) is 0.843. The SMILES string of the molecule is COc1ccc(N2CC(CNC(=O)c3ccc(Br)o3)CC2=O)cc1. The lowest BCUT2D eigenvalue weighted by Crippen LogP contribution is -2.31. The van der Waals surface area contributed by atoms with Gasteiger partial charge in [0.05, 0.1) is 7.11 Å². The van der Waals surface area contributed by atoms with Crippen LogP contribution in [0.15, 0.2) is 45.5 Å². The zero-order valence-corrected chi connectivity index (χ0v) is 14.7. The van der Waals surface area contributed by atoms with Crippen molar-refractivity contribution < 1.29 is 18.7 Å². The molecule has 1 aliphatic rings. The molecule has 2 aromatic rings. The molecule has 2 heterocycles. The number of nitrogens with zero attached hydrogens (tertiary/aromatic N) is 1. The zero-order valence-electron chi connectivity index (χ0n) is 13.1. The van der Waals surface area contributed by atoms with E-state index >= 15 is 0 Å². The molecule has 1 atom stereocenters. The van der Waals surface area contributed by atoms with E-state index in [-0.39, 0.29) is 23.5 Å². The summed E-state index contributed by atoms with van der Waals surface area (Å²) in [5.41, 5.74) is 0.838. The summed E-state index contributed by atoms with van der Waals surface area (Å²) in [4.78, 5) is 25.9. The third kappa shape index (κ3) is 3.62. The molecule has 6 nitrogen and oxygen atoms in total. The van der Waals surface area contributed by atoms with E-state index in [4.69, 9.17) is 9.15 Å². The van der Waals surface area contributed by atoms with Crippen LogP contribution < -0.4 is 15.0 Å². The number of benzene rings is 1. The third-order valence-corrected chi connectivity index (χ3v) is 4.36. The lowest BCUT2D eigenvalue weighted by molar-refractivity contribution is -0.117. The molecule has 126 valence electrons. The molecule has 0 saturated carbocycles. The zero-order chi connectivity index (χ0) is 17.1. The number of halogens is 1. The minimum Gasteiger partial charge on any atom is -0.497 e. The molecule has 1 N–H and O–H groups in total. The number of amides is 2. The Kier molecular flexibility index (Phi) is 4.89. The summed E-state index contributed by atoms with van der Waals surface area (Å²) in [6.07, 6.45) is 0.411. The van der Waals surface area contributed by atoms with Gasteiger partial charge in [0.2, 0.25) is 5.91 Å². The highest BCUT2D eigenvalue weighted by Gasteiger charge is 2.31. The van der Waals surface area contributed by atoms with E-state index in [0.717, 1.165) is 11.4 Å². The molecule has 7 heteroatoms. The Morgan fingerprint density at radius 3 is 2.71 bits per heavy atom. The van der Waals surface area contributed by atoms with Crippen LogP contribution in [0.2, 0.25) is 0 Å². The first-order chi connectivity index (χ1) is 11.6. The number of carbonyl (C=O) groups is 2. The van der Waals surface area contributed by atoms with Gasteiger partial charge in [0.1, 0.15) is 5.75 Å². The summed E-state index contributed by atoms with van der Waals surface area (Å²) in [6, 6.07) is 10.6.